The van der Waals surface area contributed by atoms with Crippen LogP contribution >= 0.6 is 0 Å². The van der Waals surface area contributed by atoms with Crippen LogP contribution in [0.25, 0.3) is 0 Å². The minimum absolute atomic E-state index is 0.0791. The number of nitrogens with zero attached hydrogens (tertiary/aromatic N) is 1. The van der Waals surface area contributed by atoms with Crippen LogP contribution in [0.5, 0.6) is 0 Å². The van der Waals surface area contributed by atoms with Gasteiger partial charge in [0.05, 0.1) is 11.9 Å². The van der Waals surface area contributed by atoms with Crippen LogP contribution in [0.2, 0.25) is 0 Å². The molecule has 0 heterocycles. The highest BCUT2D eigenvalue weighted by Crippen LogP contribution is 2.21. The number of hydrogen-bond acceptors (Lipinski definition) is 3. The molecule has 1 N–H and O–H groups in total. The Labute approximate surface area is 131 Å². The fraction of sp³-hybridized carbons (Fsp3) is 0.533. The normalized spacial score (nSPS) is 14.5. The first kappa shape index (κ1) is 18.4. The summed E-state index contributed by atoms with van der Waals surface area (Å²) < 4.78 is 38.1. The van der Waals surface area contributed by atoms with E-state index in [1.807, 2.05) is 20.8 Å². The van der Waals surface area contributed by atoms with Crippen LogP contribution in [0.4, 0.5) is 10.1 Å². The van der Waals surface area contributed by atoms with E-state index in [1.54, 1.807) is 0 Å². The van der Waals surface area contributed by atoms with E-state index in [2.05, 4.69) is 5.32 Å². The third-order valence-corrected chi connectivity index (χ3v) is 4.78. The third kappa shape index (κ3) is 4.69. The molecular weight excluding hydrogens is 307 g/mol. The fourth-order valence-corrected chi connectivity index (χ4v) is 3.08. The molecule has 7 heteroatoms. The van der Waals surface area contributed by atoms with Gasteiger partial charge in [0.2, 0.25) is 15.9 Å². The van der Waals surface area contributed by atoms with Crippen molar-refractivity contribution >= 4 is 21.6 Å². The Morgan fingerprint density at radius 2 is 1.64 bits per heavy atom. The second kappa shape index (κ2) is 7.09. The molecule has 0 aliphatic heterocycles. The van der Waals surface area contributed by atoms with Gasteiger partial charge in [0.1, 0.15) is 11.9 Å². The number of rotatable bonds is 6. The molecular formula is C15H23FN2O3S. The van der Waals surface area contributed by atoms with Crippen LogP contribution in [0, 0.1) is 11.7 Å². The molecule has 0 bridgehead atoms. The Kier molecular flexibility index (Phi) is 5.93. The Balaban J connectivity index is 3.08. The first-order valence-corrected chi connectivity index (χ1v) is 8.94. The summed E-state index contributed by atoms with van der Waals surface area (Å²) in [5.41, 5.74) is 0.253. The van der Waals surface area contributed by atoms with E-state index in [0.29, 0.717) is 0 Å². The predicted molar refractivity (Wildman–Crippen MR) is 85.6 cm³/mol. The quantitative estimate of drug-likeness (QED) is 0.869. The Morgan fingerprint density at radius 3 is 2.05 bits per heavy atom. The summed E-state index contributed by atoms with van der Waals surface area (Å²) in [5.74, 6) is -0.632. The van der Waals surface area contributed by atoms with Crippen molar-refractivity contribution in [2.45, 2.75) is 39.8 Å². The first-order valence-electron chi connectivity index (χ1n) is 7.09. The van der Waals surface area contributed by atoms with Gasteiger partial charge in [-0.15, -0.1) is 0 Å². The lowest BCUT2D eigenvalue weighted by Crippen LogP contribution is -2.50. The van der Waals surface area contributed by atoms with Crippen LogP contribution in [-0.4, -0.2) is 32.7 Å². The molecule has 0 saturated heterocycles. The number of halogens is 1. The molecule has 0 spiro atoms. The van der Waals surface area contributed by atoms with Crippen LogP contribution in [0.15, 0.2) is 24.3 Å². The first-order chi connectivity index (χ1) is 10.0. The van der Waals surface area contributed by atoms with Crippen molar-refractivity contribution in [1.29, 1.82) is 0 Å². The van der Waals surface area contributed by atoms with Gasteiger partial charge in [-0.25, -0.2) is 12.8 Å². The molecule has 0 fully saturated rings. The number of hydrogen-bond donors (Lipinski definition) is 1. The topological polar surface area (TPSA) is 66.5 Å². The smallest absolute Gasteiger partial charge is 0.243 e. The molecule has 0 saturated carbocycles. The zero-order valence-electron chi connectivity index (χ0n) is 13.5. The predicted octanol–water partition coefficient (Wildman–Crippen LogP) is 2.14. The molecule has 1 aromatic carbocycles. The number of carbonyl (C=O) groups excluding carboxylic acids is 1. The third-order valence-electron chi connectivity index (χ3n) is 3.54. The molecule has 1 rings (SSSR count). The Bertz CT molecular complexity index is 614. The molecule has 5 nitrogen and oxygen atoms in total. The molecule has 1 amide bonds. The number of amides is 1. The molecule has 0 aliphatic carbocycles. The summed E-state index contributed by atoms with van der Waals surface area (Å²) in [5, 5.41) is 2.79. The van der Waals surface area contributed by atoms with E-state index >= 15 is 0 Å². The fourth-order valence-electron chi connectivity index (χ4n) is 1.91. The summed E-state index contributed by atoms with van der Waals surface area (Å²) in [6, 6.07) is 3.99. The lowest BCUT2D eigenvalue weighted by atomic mass is 10.1. The van der Waals surface area contributed by atoms with Gasteiger partial charge in [0.25, 0.3) is 0 Å². The highest BCUT2D eigenvalue weighted by atomic mass is 32.2. The van der Waals surface area contributed by atoms with Crippen LogP contribution in [0.3, 0.4) is 0 Å². The van der Waals surface area contributed by atoms with Gasteiger partial charge in [-0.05, 0) is 44.0 Å². The van der Waals surface area contributed by atoms with Crippen molar-refractivity contribution in [2.24, 2.45) is 5.92 Å². The number of nitrogens with one attached hydrogen (secondary N) is 1. The second-order valence-electron chi connectivity index (χ2n) is 5.75. The number of carbonyl (C=O) groups is 1. The molecule has 0 radical (unpaired) electrons. The molecule has 1 aromatic rings. The van der Waals surface area contributed by atoms with Gasteiger partial charge in [-0.1, -0.05) is 13.8 Å². The second-order valence-corrected chi connectivity index (χ2v) is 7.61. The van der Waals surface area contributed by atoms with Crippen molar-refractivity contribution in [3.05, 3.63) is 30.1 Å². The summed E-state index contributed by atoms with van der Waals surface area (Å²) >= 11 is 0. The maximum absolute atomic E-state index is 13.0. The van der Waals surface area contributed by atoms with E-state index < -0.39 is 27.8 Å². The number of anilines is 1. The van der Waals surface area contributed by atoms with Crippen molar-refractivity contribution < 1.29 is 17.6 Å². The zero-order chi connectivity index (χ0) is 17.1. The monoisotopic (exact) mass is 330 g/mol. The Hall–Kier alpha value is -1.63. The highest BCUT2D eigenvalue weighted by molar-refractivity contribution is 7.92. The van der Waals surface area contributed by atoms with Crippen LogP contribution < -0.4 is 9.62 Å². The Morgan fingerprint density at radius 1 is 1.14 bits per heavy atom. The lowest BCUT2D eigenvalue weighted by molar-refractivity contribution is -0.122. The molecule has 22 heavy (non-hydrogen) atoms. The maximum Gasteiger partial charge on any atom is 0.243 e. The van der Waals surface area contributed by atoms with E-state index in [9.17, 15) is 17.6 Å². The van der Waals surface area contributed by atoms with Gasteiger partial charge in [0, 0.05) is 6.04 Å². The van der Waals surface area contributed by atoms with Crippen molar-refractivity contribution in [2.75, 3.05) is 10.6 Å². The van der Waals surface area contributed by atoms with Gasteiger partial charge in [-0.2, -0.15) is 0 Å². The largest absolute Gasteiger partial charge is 0.352 e. The molecule has 0 aromatic heterocycles. The number of benzene rings is 1. The SMILES string of the molecule is CC(C)[C@H](C)NC(=O)[C@@H](C)N(c1ccc(F)cc1)S(C)(=O)=O. The van der Waals surface area contributed by atoms with Gasteiger partial charge < -0.3 is 5.32 Å². The van der Waals surface area contributed by atoms with Gasteiger partial charge in [-0.3, -0.25) is 9.10 Å². The van der Waals surface area contributed by atoms with Crippen LogP contribution in [-0.2, 0) is 14.8 Å². The molecule has 2 atom stereocenters. The molecule has 0 aliphatic rings. The van der Waals surface area contributed by atoms with E-state index in [4.69, 9.17) is 0 Å². The average molecular weight is 330 g/mol. The van der Waals surface area contributed by atoms with E-state index in [-0.39, 0.29) is 17.6 Å². The summed E-state index contributed by atoms with van der Waals surface area (Å²) in [7, 11) is -3.68. The standard InChI is InChI=1S/C15H23FN2O3S/c1-10(2)11(3)17-15(19)12(4)18(22(5,20)21)14-8-6-13(16)7-9-14/h6-12H,1-5H3,(H,17,19)/t11-,12+/m0/s1. The van der Waals surface area contributed by atoms with E-state index in [0.717, 1.165) is 22.7 Å². The van der Waals surface area contributed by atoms with Crippen LogP contribution in [0.1, 0.15) is 27.7 Å². The van der Waals surface area contributed by atoms with Gasteiger partial charge in [0.15, 0.2) is 0 Å². The number of sulfonamides is 1. The molecule has 0 unspecified atom stereocenters. The minimum Gasteiger partial charge on any atom is -0.352 e. The average Bonchev–Trinajstić information content (AvgIpc) is 2.39. The maximum atomic E-state index is 13.0. The molecule has 124 valence electrons. The van der Waals surface area contributed by atoms with E-state index in [1.165, 1.54) is 19.1 Å². The van der Waals surface area contributed by atoms with Crippen molar-refractivity contribution in [3.63, 3.8) is 0 Å². The zero-order valence-corrected chi connectivity index (χ0v) is 14.3. The summed E-state index contributed by atoms with van der Waals surface area (Å²) in [6.45, 7) is 7.29. The van der Waals surface area contributed by atoms with Crippen molar-refractivity contribution in [3.8, 4) is 0 Å². The minimum atomic E-state index is -3.68. The highest BCUT2D eigenvalue weighted by Gasteiger charge is 2.29. The summed E-state index contributed by atoms with van der Waals surface area (Å²) in [6.07, 6.45) is 1.02. The summed E-state index contributed by atoms with van der Waals surface area (Å²) in [4.78, 5) is 12.3. The van der Waals surface area contributed by atoms with Gasteiger partial charge >= 0.3 is 0 Å². The van der Waals surface area contributed by atoms with Crippen molar-refractivity contribution in [1.82, 2.24) is 5.32 Å². The lowest BCUT2D eigenvalue weighted by Gasteiger charge is -2.29.